The zero-order valence-electron chi connectivity index (χ0n) is 20.0. The number of hydrogen-bond donors (Lipinski definition) is 2. The molecule has 0 aromatic heterocycles. The molecule has 2 fully saturated rings. The fourth-order valence-electron chi connectivity index (χ4n) is 5.12. The summed E-state index contributed by atoms with van der Waals surface area (Å²) >= 11 is 0. The Morgan fingerprint density at radius 2 is 1.97 bits per heavy atom. The first-order valence-corrected chi connectivity index (χ1v) is 12.0. The van der Waals surface area contributed by atoms with Crippen molar-refractivity contribution in [1.29, 1.82) is 0 Å². The van der Waals surface area contributed by atoms with E-state index in [-0.39, 0.29) is 36.3 Å². The lowest BCUT2D eigenvalue weighted by Gasteiger charge is -2.38. The average Bonchev–Trinajstić information content (AvgIpc) is 3.05. The molecule has 0 saturated carbocycles. The van der Waals surface area contributed by atoms with E-state index in [2.05, 4.69) is 10.2 Å². The Kier molecular flexibility index (Phi) is 6.54. The summed E-state index contributed by atoms with van der Waals surface area (Å²) in [4.78, 5) is 40.5. The third kappa shape index (κ3) is 4.49. The van der Waals surface area contributed by atoms with Gasteiger partial charge >= 0.3 is 0 Å². The number of aliphatic hydroxyl groups is 1. The van der Waals surface area contributed by atoms with E-state index in [0.717, 1.165) is 23.6 Å². The van der Waals surface area contributed by atoms with Crippen LogP contribution >= 0.6 is 0 Å². The fourth-order valence-corrected chi connectivity index (χ4v) is 5.12. The van der Waals surface area contributed by atoms with Crippen LogP contribution in [0.5, 0.6) is 5.75 Å². The Bertz CT molecular complexity index is 1220. The number of fused-ring (bicyclic) bond motifs is 1. The fraction of sp³-hybridized carbons (Fsp3) is 0.400. The molecule has 2 atom stereocenters. The molecular weight excluding hydrogens is 468 g/mol. The lowest BCUT2D eigenvalue weighted by molar-refractivity contribution is -0.141. The Labute approximate surface area is 208 Å². The van der Waals surface area contributed by atoms with Crippen LogP contribution in [0.15, 0.2) is 36.4 Å². The maximum absolute atomic E-state index is 14.9. The number of amides is 3. The maximum atomic E-state index is 14.9. The third-order valence-electron chi connectivity index (χ3n) is 6.95. The molecular formula is C25H27BFN3O6. The van der Waals surface area contributed by atoms with Gasteiger partial charge in [0.2, 0.25) is 11.8 Å². The first-order valence-electron chi connectivity index (χ1n) is 12.0. The summed E-state index contributed by atoms with van der Waals surface area (Å²) in [5.41, 5.74) is -0.254. The van der Waals surface area contributed by atoms with E-state index in [1.807, 2.05) is 6.07 Å². The van der Waals surface area contributed by atoms with Gasteiger partial charge in [-0.1, -0.05) is 18.2 Å². The Balaban J connectivity index is 1.33. The number of hydrogen-bond acceptors (Lipinski definition) is 7. The van der Waals surface area contributed by atoms with Crippen LogP contribution in [0.2, 0.25) is 0 Å². The third-order valence-corrected chi connectivity index (χ3v) is 6.95. The number of morpholine rings is 1. The quantitative estimate of drug-likeness (QED) is 0.437. The zero-order chi connectivity index (χ0) is 25.4. The standard InChI is InChI=1S/C25H27BFN3O6/c26-25(34)22-17(24(33)30(25)19-6-7-21(31)28-23(19)32)2-1-3-20(22)36-14-16-5-4-15(12-18(16)27)13-29-8-10-35-11-9-29/h1-5,12,19,34H,6-11,13-14,26H2,(H,28,31,32). The number of nitrogens with zero attached hydrogens (tertiary/aromatic N) is 2. The van der Waals surface area contributed by atoms with Gasteiger partial charge in [0.25, 0.3) is 5.91 Å². The second-order valence-corrected chi connectivity index (χ2v) is 9.44. The molecule has 2 aromatic rings. The van der Waals surface area contributed by atoms with Gasteiger partial charge in [-0.05, 0) is 30.2 Å². The first-order chi connectivity index (χ1) is 17.3. The topological polar surface area (TPSA) is 108 Å². The van der Waals surface area contributed by atoms with Crippen molar-refractivity contribution in [3.05, 3.63) is 64.5 Å². The van der Waals surface area contributed by atoms with E-state index in [1.54, 1.807) is 24.3 Å². The second kappa shape index (κ2) is 9.64. The van der Waals surface area contributed by atoms with Crippen molar-refractivity contribution in [2.75, 3.05) is 26.3 Å². The molecule has 9 nitrogen and oxygen atoms in total. The molecule has 2 aromatic carbocycles. The lowest BCUT2D eigenvalue weighted by atomic mass is 9.82. The SMILES string of the molecule is BC1(O)c2c(OCc3ccc(CN4CCOCC4)cc3F)cccc2C(=O)N1C1CCC(=O)NC1=O. The number of carbonyl (C=O) groups is 3. The molecule has 36 heavy (non-hydrogen) atoms. The minimum Gasteiger partial charge on any atom is -0.488 e. The van der Waals surface area contributed by atoms with Crippen molar-refractivity contribution in [2.45, 2.75) is 37.7 Å². The molecule has 11 heteroatoms. The summed E-state index contributed by atoms with van der Waals surface area (Å²) in [7, 11) is 1.41. The monoisotopic (exact) mass is 495 g/mol. The van der Waals surface area contributed by atoms with Gasteiger partial charge in [0.15, 0.2) is 7.85 Å². The highest BCUT2D eigenvalue weighted by Crippen LogP contribution is 2.43. The number of benzene rings is 2. The summed E-state index contributed by atoms with van der Waals surface area (Å²) in [5.74, 6) is -1.76. The minimum atomic E-state index is -1.86. The summed E-state index contributed by atoms with van der Waals surface area (Å²) in [6.07, 6.45) is 0.176. The molecule has 2 saturated heterocycles. The Hall–Kier alpha value is -3.28. The molecule has 3 amide bonds. The Morgan fingerprint density at radius 1 is 1.19 bits per heavy atom. The molecule has 5 rings (SSSR count). The average molecular weight is 495 g/mol. The smallest absolute Gasteiger partial charge is 0.257 e. The van der Waals surface area contributed by atoms with Gasteiger partial charge in [-0.25, -0.2) is 4.39 Å². The summed E-state index contributed by atoms with van der Waals surface area (Å²) in [6.45, 7) is 3.48. The highest BCUT2D eigenvalue weighted by molar-refractivity contribution is 6.21. The maximum Gasteiger partial charge on any atom is 0.257 e. The number of nitrogens with one attached hydrogen (secondary N) is 1. The molecule has 3 aliphatic heterocycles. The number of piperidine rings is 1. The number of ether oxygens (including phenoxy) is 2. The molecule has 0 radical (unpaired) electrons. The van der Waals surface area contributed by atoms with Crippen molar-refractivity contribution in [3.63, 3.8) is 0 Å². The largest absolute Gasteiger partial charge is 0.488 e. The van der Waals surface area contributed by atoms with E-state index in [4.69, 9.17) is 9.47 Å². The van der Waals surface area contributed by atoms with Crippen LogP contribution in [0.3, 0.4) is 0 Å². The Morgan fingerprint density at radius 3 is 2.69 bits per heavy atom. The van der Waals surface area contributed by atoms with E-state index < -0.39 is 35.2 Å². The molecule has 3 heterocycles. The number of rotatable bonds is 6. The van der Waals surface area contributed by atoms with Crippen molar-refractivity contribution < 1.29 is 33.4 Å². The van der Waals surface area contributed by atoms with Gasteiger partial charge in [-0.15, -0.1) is 0 Å². The minimum absolute atomic E-state index is 0.0662. The highest BCUT2D eigenvalue weighted by Gasteiger charge is 2.52. The van der Waals surface area contributed by atoms with Crippen LogP contribution in [0, 0.1) is 5.82 Å². The van der Waals surface area contributed by atoms with Crippen molar-refractivity contribution in [2.24, 2.45) is 0 Å². The molecule has 0 spiro atoms. The predicted molar refractivity (Wildman–Crippen MR) is 128 cm³/mol. The predicted octanol–water partition coefficient (Wildman–Crippen LogP) is 0.234. The van der Waals surface area contributed by atoms with Crippen molar-refractivity contribution >= 4 is 25.6 Å². The highest BCUT2D eigenvalue weighted by atomic mass is 19.1. The lowest BCUT2D eigenvalue weighted by Crippen LogP contribution is -2.59. The summed E-state index contributed by atoms with van der Waals surface area (Å²) in [6, 6.07) is 8.78. The van der Waals surface area contributed by atoms with E-state index in [0.29, 0.717) is 25.3 Å². The zero-order valence-corrected chi connectivity index (χ0v) is 20.0. The number of halogens is 1. The summed E-state index contributed by atoms with van der Waals surface area (Å²) < 4.78 is 26.1. The van der Waals surface area contributed by atoms with E-state index >= 15 is 0 Å². The number of carbonyl (C=O) groups excluding carboxylic acids is 3. The molecule has 3 aliphatic rings. The van der Waals surface area contributed by atoms with Gasteiger partial charge in [0.1, 0.15) is 29.8 Å². The van der Waals surface area contributed by atoms with Crippen LogP contribution in [-0.4, -0.2) is 72.8 Å². The molecule has 0 bridgehead atoms. The van der Waals surface area contributed by atoms with Gasteiger partial charge in [-0.3, -0.25) is 24.6 Å². The normalized spacial score (nSPS) is 24.6. The van der Waals surface area contributed by atoms with Crippen LogP contribution in [0.25, 0.3) is 0 Å². The van der Waals surface area contributed by atoms with E-state index in [1.165, 1.54) is 13.9 Å². The van der Waals surface area contributed by atoms with Gasteiger partial charge in [-0.2, -0.15) is 0 Å². The summed E-state index contributed by atoms with van der Waals surface area (Å²) in [5, 5.41) is 13.6. The van der Waals surface area contributed by atoms with E-state index in [9.17, 15) is 23.9 Å². The van der Waals surface area contributed by atoms with Crippen molar-refractivity contribution in [3.8, 4) is 5.75 Å². The number of imide groups is 1. The molecule has 0 aliphatic carbocycles. The van der Waals surface area contributed by atoms with Crippen LogP contribution in [0.1, 0.15) is 39.9 Å². The molecule has 2 N–H and O–H groups in total. The van der Waals surface area contributed by atoms with Crippen LogP contribution < -0.4 is 10.1 Å². The van der Waals surface area contributed by atoms with Gasteiger partial charge in [0.05, 0.1) is 18.8 Å². The molecule has 2 unspecified atom stereocenters. The van der Waals surface area contributed by atoms with Crippen LogP contribution in [-0.2, 0) is 33.1 Å². The van der Waals surface area contributed by atoms with Gasteiger partial charge < -0.3 is 19.5 Å². The van der Waals surface area contributed by atoms with Crippen LogP contribution in [0.4, 0.5) is 4.39 Å². The van der Waals surface area contributed by atoms with Crippen molar-refractivity contribution in [1.82, 2.24) is 15.1 Å². The van der Waals surface area contributed by atoms with Gasteiger partial charge in [0, 0.05) is 37.2 Å². The molecule has 188 valence electrons. The first kappa shape index (κ1) is 24.4. The second-order valence-electron chi connectivity index (χ2n) is 9.44.